The molecule has 0 aliphatic rings. The number of hydrogen-bond donors (Lipinski definition) is 3. The molecule has 0 aliphatic carbocycles. The maximum absolute atomic E-state index is 11.5. The van der Waals surface area contributed by atoms with Gasteiger partial charge in [-0.05, 0) is 50.1 Å². The molecule has 19 heavy (non-hydrogen) atoms. The summed E-state index contributed by atoms with van der Waals surface area (Å²) in [5.41, 5.74) is 0.895. The van der Waals surface area contributed by atoms with Crippen LogP contribution in [0.3, 0.4) is 0 Å². The number of sulfonamides is 1. The van der Waals surface area contributed by atoms with Gasteiger partial charge < -0.3 is 10.4 Å². The molecule has 5 nitrogen and oxygen atoms in total. The molecule has 108 valence electrons. The van der Waals surface area contributed by atoms with Crippen molar-refractivity contribution in [2.45, 2.75) is 24.7 Å². The Labute approximate surface area is 115 Å². The highest BCUT2D eigenvalue weighted by Gasteiger charge is 2.10. The lowest BCUT2D eigenvalue weighted by Gasteiger charge is -2.10. The Morgan fingerprint density at radius 2 is 1.89 bits per heavy atom. The minimum absolute atomic E-state index is 0.219. The average molecular weight is 286 g/mol. The number of anilines is 1. The van der Waals surface area contributed by atoms with Crippen molar-refractivity contribution in [3.05, 3.63) is 24.3 Å². The van der Waals surface area contributed by atoms with Gasteiger partial charge in [0.15, 0.2) is 0 Å². The second-order valence-electron chi connectivity index (χ2n) is 4.59. The molecule has 1 rings (SSSR count). The Bertz CT molecular complexity index is 471. The highest BCUT2D eigenvalue weighted by molar-refractivity contribution is 7.89. The van der Waals surface area contributed by atoms with Crippen LogP contribution in [-0.2, 0) is 10.0 Å². The van der Waals surface area contributed by atoms with Crippen molar-refractivity contribution in [3.63, 3.8) is 0 Å². The highest BCUT2D eigenvalue weighted by Crippen LogP contribution is 2.14. The molecule has 0 radical (unpaired) electrons. The van der Waals surface area contributed by atoms with Crippen LogP contribution in [0.5, 0.6) is 0 Å². The predicted molar refractivity (Wildman–Crippen MR) is 76.7 cm³/mol. The van der Waals surface area contributed by atoms with Crippen molar-refractivity contribution in [3.8, 4) is 0 Å². The second kappa shape index (κ2) is 7.47. The van der Waals surface area contributed by atoms with Gasteiger partial charge in [-0.3, -0.25) is 0 Å². The van der Waals surface area contributed by atoms with E-state index in [-0.39, 0.29) is 11.5 Å². The van der Waals surface area contributed by atoms with Crippen LogP contribution < -0.4 is 10.0 Å². The number of aliphatic hydroxyl groups excluding tert-OH is 1. The summed E-state index contributed by atoms with van der Waals surface area (Å²) in [5.74, 6) is 0.324. The third-order valence-electron chi connectivity index (χ3n) is 2.95. The topological polar surface area (TPSA) is 78.4 Å². The van der Waals surface area contributed by atoms with Crippen LogP contribution in [0.25, 0.3) is 0 Å². The van der Waals surface area contributed by atoms with E-state index >= 15 is 0 Å². The SMILES string of the molecule is CNS(=O)(=O)c1ccc(NCCCC(C)CO)cc1. The normalized spacial score (nSPS) is 13.2. The fourth-order valence-electron chi connectivity index (χ4n) is 1.64. The smallest absolute Gasteiger partial charge is 0.240 e. The summed E-state index contributed by atoms with van der Waals surface area (Å²) in [5, 5.41) is 12.1. The molecule has 1 aromatic carbocycles. The minimum atomic E-state index is -3.36. The van der Waals surface area contributed by atoms with Crippen molar-refractivity contribution in [2.75, 3.05) is 25.5 Å². The number of aliphatic hydroxyl groups is 1. The van der Waals surface area contributed by atoms with Gasteiger partial charge in [-0.2, -0.15) is 0 Å². The number of hydrogen-bond acceptors (Lipinski definition) is 4. The Balaban J connectivity index is 2.45. The molecule has 1 unspecified atom stereocenters. The van der Waals surface area contributed by atoms with Gasteiger partial charge in [-0.1, -0.05) is 6.92 Å². The molecule has 1 aromatic rings. The fourth-order valence-corrected chi connectivity index (χ4v) is 2.37. The lowest BCUT2D eigenvalue weighted by atomic mass is 10.1. The molecular weight excluding hydrogens is 264 g/mol. The van der Waals surface area contributed by atoms with E-state index in [2.05, 4.69) is 10.0 Å². The van der Waals surface area contributed by atoms with Gasteiger partial charge >= 0.3 is 0 Å². The molecule has 0 aliphatic heterocycles. The molecular formula is C13H22N2O3S. The Hall–Kier alpha value is -1.11. The molecule has 0 saturated heterocycles. The van der Waals surface area contributed by atoms with Crippen LogP contribution in [0, 0.1) is 5.92 Å². The zero-order valence-corrected chi connectivity index (χ0v) is 12.2. The van der Waals surface area contributed by atoms with Crippen LogP contribution in [0.15, 0.2) is 29.2 Å². The maximum atomic E-state index is 11.5. The van der Waals surface area contributed by atoms with Gasteiger partial charge in [-0.15, -0.1) is 0 Å². The van der Waals surface area contributed by atoms with E-state index in [9.17, 15) is 8.42 Å². The molecule has 3 N–H and O–H groups in total. The Kier molecular flexibility index (Phi) is 6.27. The molecule has 0 spiro atoms. The minimum Gasteiger partial charge on any atom is -0.396 e. The molecule has 0 aromatic heterocycles. The van der Waals surface area contributed by atoms with E-state index in [1.54, 1.807) is 24.3 Å². The van der Waals surface area contributed by atoms with Crippen molar-refractivity contribution in [1.29, 1.82) is 0 Å². The first-order valence-electron chi connectivity index (χ1n) is 6.38. The average Bonchev–Trinajstić information content (AvgIpc) is 2.43. The monoisotopic (exact) mass is 286 g/mol. The highest BCUT2D eigenvalue weighted by atomic mass is 32.2. The van der Waals surface area contributed by atoms with Crippen LogP contribution in [0.4, 0.5) is 5.69 Å². The largest absolute Gasteiger partial charge is 0.396 e. The van der Waals surface area contributed by atoms with Crippen molar-refractivity contribution < 1.29 is 13.5 Å². The van der Waals surface area contributed by atoms with Gasteiger partial charge in [-0.25, -0.2) is 13.1 Å². The fraction of sp³-hybridized carbons (Fsp3) is 0.538. The molecule has 6 heteroatoms. The number of rotatable bonds is 8. The van der Waals surface area contributed by atoms with Gasteiger partial charge in [0, 0.05) is 18.8 Å². The quantitative estimate of drug-likeness (QED) is 0.631. The lowest BCUT2D eigenvalue weighted by Crippen LogP contribution is -2.18. The number of benzene rings is 1. The summed E-state index contributed by atoms with van der Waals surface area (Å²) < 4.78 is 25.3. The van der Waals surface area contributed by atoms with E-state index < -0.39 is 10.0 Å². The maximum Gasteiger partial charge on any atom is 0.240 e. The van der Waals surface area contributed by atoms with Crippen molar-refractivity contribution in [2.24, 2.45) is 5.92 Å². The van der Waals surface area contributed by atoms with Crippen LogP contribution in [-0.4, -0.2) is 33.7 Å². The van der Waals surface area contributed by atoms with E-state index in [0.29, 0.717) is 5.92 Å². The van der Waals surface area contributed by atoms with Crippen molar-refractivity contribution >= 4 is 15.7 Å². The Morgan fingerprint density at radius 1 is 1.26 bits per heavy atom. The van der Waals surface area contributed by atoms with Gasteiger partial charge in [0.25, 0.3) is 0 Å². The molecule has 0 fully saturated rings. The van der Waals surface area contributed by atoms with Crippen LogP contribution >= 0.6 is 0 Å². The summed E-state index contributed by atoms with van der Waals surface area (Å²) in [6.07, 6.45) is 1.94. The van der Waals surface area contributed by atoms with Gasteiger partial charge in [0.05, 0.1) is 4.90 Å². The lowest BCUT2D eigenvalue weighted by molar-refractivity contribution is 0.229. The first kappa shape index (κ1) is 15.9. The van der Waals surface area contributed by atoms with Crippen molar-refractivity contribution in [1.82, 2.24) is 4.72 Å². The summed E-state index contributed by atoms with van der Waals surface area (Å²) in [6.45, 7) is 3.04. The summed E-state index contributed by atoms with van der Waals surface area (Å²) in [7, 11) is -1.97. The first-order valence-corrected chi connectivity index (χ1v) is 7.86. The Morgan fingerprint density at radius 3 is 2.42 bits per heavy atom. The molecule has 0 bridgehead atoms. The van der Waals surface area contributed by atoms with Crippen LogP contribution in [0.2, 0.25) is 0 Å². The van der Waals surface area contributed by atoms with E-state index in [0.717, 1.165) is 25.1 Å². The van der Waals surface area contributed by atoms with E-state index in [1.165, 1.54) is 7.05 Å². The van der Waals surface area contributed by atoms with Gasteiger partial charge in [0.1, 0.15) is 0 Å². The molecule has 1 atom stereocenters. The first-order chi connectivity index (χ1) is 8.99. The van der Waals surface area contributed by atoms with Gasteiger partial charge in [0.2, 0.25) is 10.0 Å². The number of nitrogens with one attached hydrogen (secondary N) is 2. The third-order valence-corrected chi connectivity index (χ3v) is 4.38. The van der Waals surface area contributed by atoms with E-state index in [1.807, 2.05) is 6.92 Å². The molecule has 0 saturated carbocycles. The standard InChI is InChI=1S/C13H22N2O3S/c1-11(10-16)4-3-9-15-12-5-7-13(8-6-12)19(17,18)14-2/h5-8,11,14-16H,3-4,9-10H2,1-2H3. The predicted octanol–water partition coefficient (Wildman–Crippen LogP) is 1.42. The summed E-state index contributed by atoms with van der Waals surface area (Å²) in [6, 6.07) is 6.65. The third kappa shape index (κ3) is 5.18. The molecule has 0 amide bonds. The second-order valence-corrected chi connectivity index (χ2v) is 6.48. The zero-order valence-electron chi connectivity index (χ0n) is 11.4. The molecule has 0 heterocycles. The summed E-state index contributed by atoms with van der Waals surface area (Å²) in [4.78, 5) is 0.259. The zero-order chi connectivity index (χ0) is 14.3. The van der Waals surface area contributed by atoms with Crippen LogP contribution in [0.1, 0.15) is 19.8 Å². The summed E-state index contributed by atoms with van der Waals surface area (Å²) >= 11 is 0. The van der Waals surface area contributed by atoms with E-state index in [4.69, 9.17) is 5.11 Å².